The van der Waals surface area contributed by atoms with Gasteiger partial charge in [-0.25, -0.2) is 18.1 Å². The average Bonchev–Trinajstić information content (AvgIpc) is 2.95. The van der Waals surface area contributed by atoms with Crippen LogP contribution in [-0.2, 0) is 21.4 Å². The molecule has 3 aromatic rings. The molecule has 0 saturated heterocycles. The molecule has 29 heavy (non-hydrogen) atoms. The Morgan fingerprint density at radius 2 is 1.83 bits per heavy atom. The summed E-state index contributed by atoms with van der Waals surface area (Å²) in [5.74, 6) is -0.934. The third kappa shape index (κ3) is 4.28. The van der Waals surface area contributed by atoms with Gasteiger partial charge in [-0.1, -0.05) is 12.1 Å². The first-order chi connectivity index (χ1) is 13.6. The van der Waals surface area contributed by atoms with Gasteiger partial charge in [-0.2, -0.15) is 0 Å². The summed E-state index contributed by atoms with van der Waals surface area (Å²) in [5, 5.41) is 0.522. The molecular formula is C19H19N3O5S2. The van der Waals surface area contributed by atoms with E-state index in [1.54, 1.807) is 0 Å². The summed E-state index contributed by atoms with van der Waals surface area (Å²) in [6.07, 6.45) is 1.16. The van der Waals surface area contributed by atoms with Gasteiger partial charge in [0.15, 0.2) is 5.78 Å². The van der Waals surface area contributed by atoms with E-state index < -0.39 is 15.9 Å². The third-order valence-corrected chi connectivity index (χ3v) is 7.06. The number of carbonyl (C=O) groups excluding carboxylic acids is 2. The van der Waals surface area contributed by atoms with Crippen molar-refractivity contribution < 1.29 is 18.0 Å². The van der Waals surface area contributed by atoms with Crippen LogP contribution in [0.5, 0.6) is 0 Å². The van der Waals surface area contributed by atoms with E-state index >= 15 is 0 Å². The maximum absolute atomic E-state index is 12.6. The van der Waals surface area contributed by atoms with Crippen molar-refractivity contribution in [2.24, 2.45) is 0 Å². The molecule has 1 amide bonds. The van der Waals surface area contributed by atoms with E-state index in [2.05, 4.69) is 4.98 Å². The molecule has 2 heterocycles. The lowest BCUT2D eigenvalue weighted by Crippen LogP contribution is -2.32. The van der Waals surface area contributed by atoms with Crippen LogP contribution in [0.1, 0.15) is 34.1 Å². The fraction of sp³-hybridized carbons (Fsp3) is 0.263. The fourth-order valence-electron chi connectivity index (χ4n) is 2.78. The molecule has 0 aliphatic carbocycles. The van der Waals surface area contributed by atoms with E-state index in [4.69, 9.17) is 0 Å². The molecule has 0 aliphatic heterocycles. The van der Waals surface area contributed by atoms with E-state index in [-0.39, 0.29) is 29.2 Å². The van der Waals surface area contributed by atoms with Gasteiger partial charge in [0.25, 0.3) is 15.6 Å². The van der Waals surface area contributed by atoms with Gasteiger partial charge in [-0.3, -0.25) is 19.0 Å². The van der Waals surface area contributed by atoms with Crippen LogP contribution in [0.3, 0.4) is 0 Å². The Labute approximate surface area is 171 Å². The summed E-state index contributed by atoms with van der Waals surface area (Å²) in [6.45, 7) is 5.13. The molecule has 152 valence electrons. The number of aryl methyl sites for hydroxylation is 3. The SMILES string of the molecule is CC(=O)c1ccc(S(=O)(=O)NC(=O)CCn2cnc3sc(C)c(C)c3c2=O)cc1. The summed E-state index contributed by atoms with van der Waals surface area (Å²) >= 11 is 1.43. The molecule has 0 radical (unpaired) electrons. The largest absolute Gasteiger partial charge is 0.298 e. The minimum atomic E-state index is -4.07. The molecule has 1 N–H and O–H groups in total. The standard InChI is InChI=1S/C19H19N3O5S2/c1-11-13(3)28-18-17(11)19(25)22(10-20-18)9-8-16(24)21-29(26,27)15-6-4-14(5-7-15)12(2)23/h4-7,10H,8-9H2,1-3H3,(H,21,24). The van der Waals surface area contributed by atoms with E-state index in [1.165, 1.54) is 53.4 Å². The molecule has 0 aliphatic rings. The normalized spacial score (nSPS) is 11.6. The monoisotopic (exact) mass is 433 g/mol. The van der Waals surface area contributed by atoms with Crippen molar-refractivity contribution in [1.82, 2.24) is 14.3 Å². The zero-order chi connectivity index (χ0) is 21.3. The van der Waals surface area contributed by atoms with Gasteiger partial charge in [0.2, 0.25) is 5.91 Å². The average molecular weight is 434 g/mol. The van der Waals surface area contributed by atoms with Gasteiger partial charge in [0.1, 0.15) is 4.83 Å². The molecular weight excluding hydrogens is 414 g/mol. The predicted octanol–water partition coefficient (Wildman–Crippen LogP) is 2.17. The van der Waals surface area contributed by atoms with Crippen LogP contribution in [0.4, 0.5) is 0 Å². The zero-order valence-electron chi connectivity index (χ0n) is 16.1. The number of nitrogens with zero attached hydrogens (tertiary/aromatic N) is 2. The Hall–Kier alpha value is -2.85. The first-order valence-electron chi connectivity index (χ1n) is 8.72. The lowest BCUT2D eigenvalue weighted by atomic mass is 10.2. The van der Waals surface area contributed by atoms with Crippen molar-refractivity contribution in [2.45, 2.75) is 38.6 Å². The lowest BCUT2D eigenvalue weighted by molar-refractivity contribution is -0.119. The molecule has 3 rings (SSSR count). The number of aromatic nitrogens is 2. The number of hydrogen-bond donors (Lipinski definition) is 1. The molecule has 10 heteroatoms. The number of nitrogens with one attached hydrogen (secondary N) is 1. The van der Waals surface area contributed by atoms with Gasteiger partial charge in [0, 0.05) is 23.4 Å². The van der Waals surface area contributed by atoms with Crippen LogP contribution >= 0.6 is 11.3 Å². The van der Waals surface area contributed by atoms with Gasteiger partial charge in [-0.05, 0) is 38.5 Å². The molecule has 0 spiro atoms. The Morgan fingerprint density at radius 1 is 1.17 bits per heavy atom. The summed E-state index contributed by atoms with van der Waals surface area (Å²) in [7, 11) is -4.07. The maximum Gasteiger partial charge on any atom is 0.264 e. The number of benzene rings is 1. The minimum Gasteiger partial charge on any atom is -0.298 e. The molecule has 2 aromatic heterocycles. The van der Waals surface area contributed by atoms with Crippen LogP contribution in [0, 0.1) is 13.8 Å². The first kappa shape index (κ1) is 20.9. The smallest absolute Gasteiger partial charge is 0.264 e. The Kier molecular flexibility index (Phi) is 5.67. The van der Waals surface area contributed by atoms with E-state index in [9.17, 15) is 22.8 Å². The third-order valence-electron chi connectivity index (χ3n) is 4.55. The number of hydrogen-bond acceptors (Lipinski definition) is 7. The second-order valence-corrected chi connectivity index (χ2v) is 9.45. The number of Topliss-reactive ketones (excluding diaryl/α,β-unsaturated/α-hetero) is 1. The summed E-state index contributed by atoms with van der Waals surface area (Å²) in [5.41, 5.74) is 0.974. The summed E-state index contributed by atoms with van der Waals surface area (Å²) in [6, 6.07) is 5.28. The second-order valence-electron chi connectivity index (χ2n) is 6.57. The van der Waals surface area contributed by atoms with Gasteiger partial charge in [-0.15, -0.1) is 11.3 Å². The highest BCUT2D eigenvalue weighted by molar-refractivity contribution is 7.90. The highest BCUT2D eigenvalue weighted by Gasteiger charge is 2.18. The molecule has 0 saturated carbocycles. The Morgan fingerprint density at radius 3 is 2.45 bits per heavy atom. The quantitative estimate of drug-likeness (QED) is 0.596. The van der Waals surface area contributed by atoms with Crippen LogP contribution < -0.4 is 10.3 Å². The van der Waals surface area contributed by atoms with Crippen LogP contribution in [0.25, 0.3) is 10.2 Å². The number of thiophene rings is 1. The number of fused-ring (bicyclic) bond motifs is 1. The predicted molar refractivity (Wildman–Crippen MR) is 110 cm³/mol. The van der Waals surface area contributed by atoms with Crippen molar-refractivity contribution in [2.75, 3.05) is 0 Å². The Balaban J connectivity index is 1.72. The zero-order valence-corrected chi connectivity index (χ0v) is 17.7. The van der Waals surface area contributed by atoms with Gasteiger partial charge < -0.3 is 0 Å². The second kappa shape index (κ2) is 7.88. The van der Waals surface area contributed by atoms with Crippen molar-refractivity contribution >= 4 is 43.3 Å². The van der Waals surface area contributed by atoms with E-state index in [1.807, 2.05) is 18.6 Å². The highest BCUT2D eigenvalue weighted by Crippen LogP contribution is 2.25. The number of carbonyl (C=O) groups is 2. The van der Waals surface area contributed by atoms with Gasteiger partial charge in [0.05, 0.1) is 16.6 Å². The van der Waals surface area contributed by atoms with Crippen molar-refractivity contribution in [3.05, 3.63) is 57.0 Å². The summed E-state index contributed by atoms with van der Waals surface area (Å²) < 4.78 is 27.9. The van der Waals surface area contributed by atoms with Crippen LogP contribution in [0.15, 0.2) is 40.3 Å². The van der Waals surface area contributed by atoms with Crippen LogP contribution in [0.2, 0.25) is 0 Å². The number of rotatable bonds is 6. The van der Waals surface area contributed by atoms with E-state index in [0.29, 0.717) is 15.8 Å². The van der Waals surface area contributed by atoms with Gasteiger partial charge >= 0.3 is 0 Å². The molecule has 8 nitrogen and oxygen atoms in total. The molecule has 0 unspecified atom stereocenters. The van der Waals surface area contributed by atoms with Crippen molar-refractivity contribution in [3.8, 4) is 0 Å². The first-order valence-corrected chi connectivity index (χ1v) is 11.0. The minimum absolute atomic E-state index is 0.000729. The van der Waals surface area contributed by atoms with Crippen molar-refractivity contribution in [3.63, 3.8) is 0 Å². The van der Waals surface area contributed by atoms with Crippen molar-refractivity contribution in [1.29, 1.82) is 0 Å². The molecule has 1 aromatic carbocycles. The van der Waals surface area contributed by atoms with E-state index in [0.717, 1.165) is 10.4 Å². The number of sulfonamides is 1. The maximum atomic E-state index is 12.6. The summed E-state index contributed by atoms with van der Waals surface area (Å²) in [4.78, 5) is 41.8. The lowest BCUT2D eigenvalue weighted by Gasteiger charge is -2.08. The number of ketones is 1. The highest BCUT2D eigenvalue weighted by atomic mass is 32.2. The Bertz CT molecular complexity index is 1270. The van der Waals surface area contributed by atoms with Crippen LogP contribution in [-0.4, -0.2) is 29.7 Å². The fourth-order valence-corrected chi connectivity index (χ4v) is 4.78. The molecule has 0 bridgehead atoms. The number of amides is 1. The topological polar surface area (TPSA) is 115 Å². The molecule has 0 fully saturated rings. The molecule has 0 atom stereocenters.